The second-order valence-corrected chi connectivity index (χ2v) is 5.10. The van der Waals surface area contributed by atoms with E-state index < -0.39 is 6.10 Å². The topological polar surface area (TPSA) is 58.6 Å². The number of aliphatic hydroxyl groups is 1. The Labute approximate surface area is 118 Å². The van der Waals surface area contributed by atoms with Gasteiger partial charge in [0.05, 0.1) is 19.1 Å². The van der Waals surface area contributed by atoms with Gasteiger partial charge in [-0.2, -0.15) is 0 Å². The normalized spacial score (nSPS) is 12.3. The predicted molar refractivity (Wildman–Crippen MR) is 75.4 cm³/mol. The zero-order valence-electron chi connectivity index (χ0n) is 11.2. The van der Waals surface area contributed by atoms with Gasteiger partial charge in [-0.05, 0) is 30.2 Å². The first-order valence-corrected chi connectivity index (χ1v) is 6.70. The number of hydrogen-bond acceptors (Lipinski definition) is 3. The highest BCUT2D eigenvalue weighted by Crippen LogP contribution is 2.15. The molecule has 0 saturated heterocycles. The smallest absolute Gasteiger partial charge is 0.223 e. The number of halogens is 1. The van der Waals surface area contributed by atoms with E-state index in [-0.39, 0.29) is 24.8 Å². The fourth-order valence-corrected chi connectivity index (χ4v) is 1.46. The van der Waals surface area contributed by atoms with Crippen LogP contribution in [0.2, 0.25) is 5.02 Å². The van der Waals surface area contributed by atoms with E-state index in [1.165, 1.54) is 0 Å². The lowest BCUT2D eigenvalue weighted by molar-refractivity contribution is -0.122. The van der Waals surface area contributed by atoms with Gasteiger partial charge in [-0.3, -0.25) is 4.79 Å². The molecular weight excluding hydrogens is 266 g/mol. The maximum absolute atomic E-state index is 11.5. The summed E-state index contributed by atoms with van der Waals surface area (Å²) in [5.41, 5.74) is 0. The molecule has 1 aromatic carbocycles. The second kappa shape index (κ2) is 8.02. The van der Waals surface area contributed by atoms with Gasteiger partial charge in [-0.25, -0.2) is 0 Å². The highest BCUT2D eigenvalue weighted by atomic mass is 35.5. The molecule has 2 N–H and O–H groups in total. The van der Waals surface area contributed by atoms with Crippen molar-refractivity contribution in [2.24, 2.45) is 5.92 Å². The molecule has 1 atom stereocenters. The van der Waals surface area contributed by atoms with E-state index in [1.807, 2.05) is 13.8 Å². The molecule has 0 heterocycles. The zero-order valence-corrected chi connectivity index (χ0v) is 12.0. The Hall–Kier alpha value is -1.26. The molecule has 1 amide bonds. The first kappa shape index (κ1) is 15.8. The third kappa shape index (κ3) is 6.45. The Morgan fingerprint density at radius 1 is 1.37 bits per heavy atom. The number of nitrogens with one attached hydrogen (secondary N) is 1. The van der Waals surface area contributed by atoms with Gasteiger partial charge in [0, 0.05) is 11.6 Å². The molecule has 106 valence electrons. The standard InChI is InChI=1S/C14H20ClNO3/c1-10(2)13(17)9-16-14(18)7-8-19-12-5-3-11(15)4-6-12/h3-6,10,13,17H,7-9H2,1-2H3,(H,16,18). The summed E-state index contributed by atoms with van der Waals surface area (Å²) in [6.45, 7) is 4.38. The van der Waals surface area contributed by atoms with Crippen molar-refractivity contribution < 1.29 is 14.6 Å². The van der Waals surface area contributed by atoms with E-state index in [0.717, 1.165) is 0 Å². The minimum absolute atomic E-state index is 0.130. The maximum Gasteiger partial charge on any atom is 0.223 e. The van der Waals surface area contributed by atoms with Gasteiger partial charge in [-0.1, -0.05) is 25.4 Å². The first-order chi connectivity index (χ1) is 8.99. The lowest BCUT2D eigenvalue weighted by Gasteiger charge is -2.15. The van der Waals surface area contributed by atoms with E-state index in [1.54, 1.807) is 24.3 Å². The number of rotatable bonds is 7. The molecule has 5 heteroatoms. The minimum Gasteiger partial charge on any atom is -0.493 e. The van der Waals surface area contributed by atoms with Crippen molar-refractivity contribution in [3.05, 3.63) is 29.3 Å². The molecule has 0 fully saturated rings. The molecule has 0 saturated carbocycles. The van der Waals surface area contributed by atoms with Crippen LogP contribution in [0.25, 0.3) is 0 Å². The molecule has 0 aliphatic carbocycles. The van der Waals surface area contributed by atoms with Gasteiger partial charge in [0.25, 0.3) is 0 Å². The highest BCUT2D eigenvalue weighted by molar-refractivity contribution is 6.30. The monoisotopic (exact) mass is 285 g/mol. The van der Waals surface area contributed by atoms with E-state index in [9.17, 15) is 9.90 Å². The summed E-state index contributed by atoms with van der Waals surface area (Å²) in [6.07, 6.45) is -0.255. The van der Waals surface area contributed by atoms with E-state index >= 15 is 0 Å². The Morgan fingerprint density at radius 2 is 2.00 bits per heavy atom. The molecule has 19 heavy (non-hydrogen) atoms. The van der Waals surface area contributed by atoms with Gasteiger partial charge < -0.3 is 15.2 Å². The number of amides is 1. The van der Waals surface area contributed by atoms with Crippen LogP contribution in [-0.2, 0) is 4.79 Å². The van der Waals surface area contributed by atoms with Gasteiger partial charge in [0.2, 0.25) is 5.91 Å². The second-order valence-electron chi connectivity index (χ2n) is 4.67. The molecule has 0 spiro atoms. The lowest BCUT2D eigenvalue weighted by Crippen LogP contribution is -2.35. The summed E-state index contributed by atoms with van der Waals surface area (Å²) < 4.78 is 5.40. The number of hydrogen-bond donors (Lipinski definition) is 2. The van der Waals surface area contributed by atoms with Gasteiger partial charge >= 0.3 is 0 Å². The molecular formula is C14H20ClNO3. The highest BCUT2D eigenvalue weighted by Gasteiger charge is 2.10. The molecule has 0 aromatic heterocycles. The largest absolute Gasteiger partial charge is 0.493 e. The van der Waals surface area contributed by atoms with Crippen LogP contribution in [0.15, 0.2) is 24.3 Å². The quantitative estimate of drug-likeness (QED) is 0.808. The third-order valence-electron chi connectivity index (χ3n) is 2.69. The van der Waals surface area contributed by atoms with Crippen molar-refractivity contribution in [1.29, 1.82) is 0 Å². The van der Waals surface area contributed by atoms with Crippen LogP contribution < -0.4 is 10.1 Å². The molecule has 4 nitrogen and oxygen atoms in total. The summed E-state index contributed by atoms with van der Waals surface area (Å²) in [5.74, 6) is 0.679. The first-order valence-electron chi connectivity index (χ1n) is 6.32. The number of ether oxygens (including phenoxy) is 1. The predicted octanol–water partition coefficient (Wildman–Crippen LogP) is 2.24. The molecule has 0 radical (unpaired) electrons. The van der Waals surface area contributed by atoms with Crippen molar-refractivity contribution in [3.63, 3.8) is 0 Å². The lowest BCUT2D eigenvalue weighted by atomic mass is 10.1. The Morgan fingerprint density at radius 3 is 2.58 bits per heavy atom. The molecule has 1 rings (SSSR count). The number of carbonyl (C=O) groups is 1. The average molecular weight is 286 g/mol. The van der Waals surface area contributed by atoms with Crippen LogP contribution in [0.5, 0.6) is 5.75 Å². The van der Waals surface area contributed by atoms with Crippen LogP contribution in [-0.4, -0.2) is 30.3 Å². The SMILES string of the molecule is CC(C)C(O)CNC(=O)CCOc1ccc(Cl)cc1. The van der Waals surface area contributed by atoms with E-state index in [0.29, 0.717) is 17.4 Å². The summed E-state index contributed by atoms with van der Waals surface area (Å²) in [6, 6.07) is 6.97. The fourth-order valence-electron chi connectivity index (χ4n) is 1.33. The number of benzene rings is 1. The Balaban J connectivity index is 2.18. The maximum atomic E-state index is 11.5. The molecule has 0 aliphatic rings. The van der Waals surface area contributed by atoms with Crippen molar-refractivity contribution in [1.82, 2.24) is 5.32 Å². The van der Waals surface area contributed by atoms with Crippen LogP contribution >= 0.6 is 11.6 Å². The van der Waals surface area contributed by atoms with E-state index in [4.69, 9.17) is 16.3 Å². The molecule has 1 unspecified atom stereocenters. The van der Waals surface area contributed by atoms with Gasteiger partial charge in [-0.15, -0.1) is 0 Å². The Bertz CT molecular complexity index is 392. The Kier molecular flexibility index (Phi) is 6.67. The zero-order chi connectivity index (χ0) is 14.3. The van der Waals surface area contributed by atoms with Crippen molar-refractivity contribution in [2.75, 3.05) is 13.2 Å². The van der Waals surface area contributed by atoms with Crippen molar-refractivity contribution in [3.8, 4) is 5.75 Å². The summed E-state index contributed by atoms with van der Waals surface area (Å²) >= 11 is 5.75. The number of aliphatic hydroxyl groups excluding tert-OH is 1. The number of carbonyl (C=O) groups excluding carboxylic acids is 1. The molecule has 1 aromatic rings. The van der Waals surface area contributed by atoms with Crippen LogP contribution in [0.3, 0.4) is 0 Å². The average Bonchev–Trinajstić information content (AvgIpc) is 2.38. The molecule has 0 bridgehead atoms. The van der Waals surface area contributed by atoms with E-state index in [2.05, 4.69) is 5.32 Å². The van der Waals surface area contributed by atoms with Gasteiger partial charge in [0.1, 0.15) is 5.75 Å². The van der Waals surface area contributed by atoms with Crippen molar-refractivity contribution >= 4 is 17.5 Å². The summed E-state index contributed by atoms with van der Waals surface area (Å²) in [7, 11) is 0. The third-order valence-corrected chi connectivity index (χ3v) is 2.94. The molecule has 0 aliphatic heterocycles. The van der Waals surface area contributed by atoms with Crippen LogP contribution in [0.1, 0.15) is 20.3 Å². The van der Waals surface area contributed by atoms with Gasteiger partial charge in [0.15, 0.2) is 0 Å². The van der Waals surface area contributed by atoms with Crippen LogP contribution in [0.4, 0.5) is 0 Å². The van der Waals surface area contributed by atoms with Crippen LogP contribution in [0, 0.1) is 5.92 Å². The van der Waals surface area contributed by atoms with Crippen molar-refractivity contribution in [2.45, 2.75) is 26.4 Å². The minimum atomic E-state index is -0.513. The summed E-state index contributed by atoms with van der Waals surface area (Å²) in [5, 5.41) is 12.9. The fraction of sp³-hybridized carbons (Fsp3) is 0.500. The summed E-state index contributed by atoms with van der Waals surface area (Å²) in [4.78, 5) is 11.5.